The van der Waals surface area contributed by atoms with E-state index in [-0.39, 0.29) is 24.0 Å². The molecule has 5 rings (SSSR count). The molecule has 0 aromatic heterocycles. The lowest BCUT2D eigenvalue weighted by atomic mass is 9.89. The molecule has 4 aliphatic rings. The molecular weight excluding hydrogens is 725 g/mol. The minimum Gasteiger partial charge on any atom is -0.494 e. The molecule has 3 saturated heterocycles. The minimum atomic E-state index is -4.61. The van der Waals surface area contributed by atoms with Crippen LogP contribution in [-0.4, -0.2) is 115 Å². The Bertz CT molecular complexity index is 1890. The molecule has 0 spiro atoms. The molecule has 0 radical (unpaired) electrons. The molecule has 1 unspecified atom stereocenters. The van der Waals surface area contributed by atoms with Crippen molar-refractivity contribution in [2.75, 3.05) is 60.0 Å². The molecule has 3 aliphatic heterocycles. The topological polar surface area (TPSA) is 126 Å². The van der Waals surface area contributed by atoms with Gasteiger partial charge in [-0.1, -0.05) is 30.0 Å². The van der Waals surface area contributed by atoms with E-state index in [1.807, 2.05) is 24.1 Å². The number of carbonyl (C=O) groups excluding carboxylic acids is 4. The van der Waals surface area contributed by atoms with Crippen LogP contribution in [0, 0.1) is 11.3 Å². The molecule has 0 bridgehead atoms. The first-order chi connectivity index (χ1) is 26.8. The zero-order valence-corrected chi connectivity index (χ0v) is 32.2. The summed E-state index contributed by atoms with van der Waals surface area (Å²) in [7, 11) is 4.02. The van der Waals surface area contributed by atoms with Crippen LogP contribution in [0.25, 0.3) is 0 Å². The largest absolute Gasteiger partial charge is 0.494 e. The summed E-state index contributed by atoms with van der Waals surface area (Å²) >= 11 is 0. The first-order valence-corrected chi connectivity index (χ1v) is 19.1. The Kier molecular flexibility index (Phi) is 14.3. The van der Waals surface area contributed by atoms with Gasteiger partial charge in [0.1, 0.15) is 11.8 Å². The fourth-order valence-electron chi connectivity index (χ4n) is 7.25. The molecule has 11 nitrogen and oxygen atoms in total. The number of imide groups is 2. The van der Waals surface area contributed by atoms with Crippen molar-refractivity contribution in [3.05, 3.63) is 93.9 Å². The molecule has 3 fully saturated rings. The third-order valence-corrected chi connectivity index (χ3v) is 10.6. The summed E-state index contributed by atoms with van der Waals surface area (Å²) in [5.74, 6) is -0.901. The number of nitriles is 1. The number of allylic oxidation sites excluding steroid dienone is 5. The number of amides is 4. The van der Waals surface area contributed by atoms with E-state index in [1.54, 1.807) is 25.1 Å². The van der Waals surface area contributed by atoms with Crippen molar-refractivity contribution in [3.8, 4) is 11.8 Å². The van der Waals surface area contributed by atoms with Crippen molar-refractivity contribution in [2.24, 2.45) is 0 Å². The van der Waals surface area contributed by atoms with Gasteiger partial charge in [0.25, 0.3) is 11.8 Å². The Morgan fingerprint density at radius 2 is 1.64 bits per heavy atom. The number of alkyl halides is 3. The van der Waals surface area contributed by atoms with Crippen LogP contribution < -0.4 is 10.1 Å². The van der Waals surface area contributed by atoms with E-state index in [2.05, 4.69) is 40.0 Å². The molecular formula is C42H49F3N6O5. The van der Waals surface area contributed by atoms with Crippen molar-refractivity contribution in [3.63, 3.8) is 0 Å². The van der Waals surface area contributed by atoms with Gasteiger partial charge in [0, 0.05) is 50.3 Å². The van der Waals surface area contributed by atoms with Gasteiger partial charge in [-0.05, 0) is 108 Å². The molecule has 14 heteroatoms. The van der Waals surface area contributed by atoms with Gasteiger partial charge in [0.2, 0.25) is 11.8 Å². The number of unbranched alkanes of at least 4 members (excludes halogenated alkanes) is 2. The highest BCUT2D eigenvalue weighted by Crippen LogP contribution is 2.34. The van der Waals surface area contributed by atoms with Crippen molar-refractivity contribution >= 4 is 23.6 Å². The van der Waals surface area contributed by atoms with Crippen LogP contribution in [0.1, 0.15) is 63.4 Å². The number of nitrogens with one attached hydrogen (secondary N) is 1. The number of halogens is 3. The van der Waals surface area contributed by atoms with E-state index >= 15 is 0 Å². The smallest absolute Gasteiger partial charge is 0.418 e. The van der Waals surface area contributed by atoms with Gasteiger partial charge in [-0.25, -0.2) is 0 Å². The second-order valence-corrected chi connectivity index (χ2v) is 14.5. The highest BCUT2D eigenvalue weighted by molar-refractivity contribution is 6.26. The Balaban J connectivity index is 0.959. The average Bonchev–Trinajstić information content (AvgIpc) is 3.29. The van der Waals surface area contributed by atoms with Crippen LogP contribution in [0.2, 0.25) is 0 Å². The number of ether oxygens (including phenoxy) is 1. The Labute approximate surface area is 326 Å². The fraction of sp³-hybridized carbons (Fsp3) is 0.476. The summed E-state index contributed by atoms with van der Waals surface area (Å²) in [6.45, 7) is 6.61. The average molecular weight is 775 g/mol. The molecule has 1 aromatic rings. The van der Waals surface area contributed by atoms with Crippen LogP contribution in [0.3, 0.4) is 0 Å². The maximum atomic E-state index is 13.3. The molecule has 0 saturated carbocycles. The maximum Gasteiger partial charge on any atom is 0.418 e. The van der Waals surface area contributed by atoms with Crippen LogP contribution in [-0.2, 0) is 19.2 Å². The second kappa shape index (κ2) is 19.1. The number of carbonyl (C=O) groups is 4. The lowest BCUT2D eigenvalue weighted by Gasteiger charge is -2.33. The van der Waals surface area contributed by atoms with E-state index < -0.39 is 47.0 Å². The number of piperidine rings is 2. The number of hydrogen-bond donors (Lipinski definition) is 1. The SMILES string of the molecule is C/C=C1/C(=O)N(C2CCC(=O)NC2=O)C(=O)/C1=C/CN(C)CCN(C)CCCCCOc1ccc(C2CCN(C3=C=CC(C(F)(F)F)=C(C#N)C=C3)CC2)cc1. The number of likely N-dealkylation sites (N-methyl/N-ethyl adjacent to an activating group) is 2. The molecule has 298 valence electrons. The summed E-state index contributed by atoms with van der Waals surface area (Å²) < 4.78 is 46.0. The third kappa shape index (κ3) is 10.5. The van der Waals surface area contributed by atoms with Crippen LogP contribution >= 0.6 is 0 Å². The summed E-state index contributed by atoms with van der Waals surface area (Å²) in [5, 5.41) is 11.4. The van der Waals surface area contributed by atoms with Gasteiger partial charge < -0.3 is 19.4 Å². The normalized spacial score (nSPS) is 21.1. The summed E-state index contributed by atoms with van der Waals surface area (Å²) in [6, 6.07) is 8.80. The molecule has 56 heavy (non-hydrogen) atoms. The van der Waals surface area contributed by atoms with E-state index in [4.69, 9.17) is 4.74 Å². The molecule has 1 aliphatic carbocycles. The van der Waals surface area contributed by atoms with Crippen molar-refractivity contribution in [1.29, 1.82) is 5.26 Å². The summed E-state index contributed by atoms with van der Waals surface area (Å²) in [4.78, 5) is 57.4. The number of benzene rings is 1. The highest BCUT2D eigenvalue weighted by atomic mass is 19.4. The third-order valence-electron chi connectivity index (χ3n) is 10.6. The van der Waals surface area contributed by atoms with E-state index in [0.717, 1.165) is 68.5 Å². The monoisotopic (exact) mass is 774 g/mol. The molecule has 1 aromatic carbocycles. The van der Waals surface area contributed by atoms with E-state index in [9.17, 15) is 37.6 Å². The number of nitrogens with zero attached hydrogens (tertiary/aromatic N) is 5. The second-order valence-electron chi connectivity index (χ2n) is 14.5. The van der Waals surface area contributed by atoms with Gasteiger partial charge >= 0.3 is 6.18 Å². The van der Waals surface area contributed by atoms with Crippen molar-refractivity contribution in [2.45, 2.75) is 70.0 Å². The zero-order chi connectivity index (χ0) is 40.4. The predicted octanol–water partition coefficient (Wildman–Crippen LogP) is 5.32. The van der Waals surface area contributed by atoms with Gasteiger partial charge in [-0.2, -0.15) is 18.4 Å². The first kappa shape index (κ1) is 41.9. The molecule has 4 amide bonds. The lowest BCUT2D eigenvalue weighted by molar-refractivity contribution is -0.149. The minimum absolute atomic E-state index is 0.0789. The first-order valence-electron chi connectivity index (χ1n) is 19.1. The highest BCUT2D eigenvalue weighted by Gasteiger charge is 2.46. The Morgan fingerprint density at radius 3 is 2.30 bits per heavy atom. The standard InChI is InChI=1S/C42H49F3N6O5/c1-4-34-35(41(55)51(40(34)54)37-16-17-38(52)47-39(37)53)20-22-49(3)26-25-48(2)21-6-5-7-27-56-33-13-9-29(10-14-33)30-18-23-50(24-19-30)32-11-8-31(28-46)36(15-12-32)42(43,44)45/h4,8-11,13-15,20,30,37H,5-7,16-19,21-27H2,1-3H3,(H,47,52,53)/b34-4+,35-20+. The zero-order valence-electron chi connectivity index (χ0n) is 32.2. The number of rotatable bonds is 15. The Morgan fingerprint density at radius 1 is 0.946 bits per heavy atom. The van der Waals surface area contributed by atoms with Crippen LogP contribution in [0.15, 0.2) is 88.4 Å². The summed E-state index contributed by atoms with van der Waals surface area (Å²) in [5.41, 5.74) is 3.67. The summed E-state index contributed by atoms with van der Waals surface area (Å²) in [6.07, 6.45) is 7.20. The van der Waals surface area contributed by atoms with Crippen molar-refractivity contribution < 1.29 is 37.1 Å². The Hall–Kier alpha value is -5.22. The van der Waals surface area contributed by atoms with Gasteiger partial charge in [-0.15, -0.1) is 0 Å². The quantitative estimate of drug-likeness (QED) is 0.109. The van der Waals surface area contributed by atoms with Gasteiger partial charge in [0.05, 0.1) is 29.5 Å². The molecule has 3 heterocycles. The number of likely N-dealkylation sites (tertiary alicyclic amines) is 2. The van der Waals surface area contributed by atoms with Crippen LogP contribution in [0.4, 0.5) is 13.2 Å². The number of hydrogen-bond acceptors (Lipinski definition) is 9. The van der Waals surface area contributed by atoms with Crippen molar-refractivity contribution in [1.82, 2.24) is 24.9 Å². The maximum absolute atomic E-state index is 13.3. The fourth-order valence-corrected chi connectivity index (χ4v) is 7.25. The lowest BCUT2D eigenvalue weighted by Crippen LogP contribution is -2.54. The molecule has 1 atom stereocenters. The van der Waals surface area contributed by atoms with Crippen LogP contribution in [0.5, 0.6) is 5.75 Å². The van der Waals surface area contributed by atoms with Gasteiger partial charge in [-0.3, -0.25) is 29.4 Å². The predicted molar refractivity (Wildman–Crippen MR) is 204 cm³/mol. The van der Waals surface area contributed by atoms with E-state index in [0.29, 0.717) is 37.9 Å². The molecule has 1 N–H and O–H groups in total. The van der Waals surface area contributed by atoms with E-state index in [1.165, 1.54) is 17.7 Å². The van der Waals surface area contributed by atoms with Gasteiger partial charge in [0.15, 0.2) is 0 Å².